The van der Waals surface area contributed by atoms with Gasteiger partial charge in [-0.25, -0.2) is 8.42 Å². The summed E-state index contributed by atoms with van der Waals surface area (Å²) >= 11 is 5.98. The molecule has 2 atom stereocenters. The summed E-state index contributed by atoms with van der Waals surface area (Å²) in [5.41, 5.74) is 0. The van der Waals surface area contributed by atoms with Crippen molar-refractivity contribution in [2.75, 3.05) is 26.2 Å². The third kappa shape index (κ3) is 4.43. The van der Waals surface area contributed by atoms with E-state index in [1.54, 1.807) is 31.2 Å². The van der Waals surface area contributed by atoms with Gasteiger partial charge in [-0.15, -0.1) is 0 Å². The summed E-state index contributed by atoms with van der Waals surface area (Å²) in [4.78, 5) is 40.0. The lowest BCUT2D eigenvalue weighted by atomic mass is 10.1. The molecule has 0 bridgehead atoms. The maximum Gasteiger partial charge on any atom is 0.245 e. The zero-order valence-corrected chi connectivity index (χ0v) is 18.9. The molecule has 0 radical (unpaired) electrons. The first-order valence-electron chi connectivity index (χ1n) is 10.2. The molecule has 0 spiro atoms. The van der Waals surface area contributed by atoms with E-state index in [-0.39, 0.29) is 36.2 Å². The van der Waals surface area contributed by atoms with Gasteiger partial charge in [-0.05, 0) is 48.4 Å². The van der Waals surface area contributed by atoms with E-state index in [1.807, 2.05) is 0 Å². The molecule has 2 aromatic carbocycles. The molecule has 2 saturated heterocycles. The maximum absolute atomic E-state index is 12.9. The third-order valence-electron chi connectivity index (χ3n) is 5.80. The fourth-order valence-electron chi connectivity index (χ4n) is 4.04. The molecule has 2 aliphatic heterocycles. The van der Waals surface area contributed by atoms with Crippen molar-refractivity contribution >= 4 is 50.1 Å². The second-order valence-corrected chi connectivity index (χ2v) is 10.1. The topological polar surface area (TPSA) is 116 Å². The molecule has 2 heterocycles. The Labute approximate surface area is 190 Å². The molecule has 32 heavy (non-hydrogen) atoms. The van der Waals surface area contributed by atoms with Crippen LogP contribution in [-0.2, 0) is 24.4 Å². The quantitative estimate of drug-likeness (QED) is 0.657. The number of sulfonamides is 1. The van der Waals surface area contributed by atoms with Crippen LogP contribution in [0.2, 0.25) is 5.02 Å². The number of halogens is 1. The molecule has 0 aromatic heterocycles. The van der Waals surface area contributed by atoms with Crippen LogP contribution in [0.15, 0.2) is 41.3 Å². The highest BCUT2D eigenvalue weighted by Crippen LogP contribution is 2.24. The first-order valence-corrected chi connectivity index (χ1v) is 12.1. The van der Waals surface area contributed by atoms with E-state index >= 15 is 0 Å². The van der Waals surface area contributed by atoms with Gasteiger partial charge in [0.2, 0.25) is 27.7 Å². The molecule has 2 aliphatic rings. The number of piperazine rings is 1. The number of nitrogens with one attached hydrogen (secondary N) is 2. The van der Waals surface area contributed by atoms with Gasteiger partial charge in [0.15, 0.2) is 0 Å². The van der Waals surface area contributed by atoms with Gasteiger partial charge in [-0.2, -0.15) is 4.72 Å². The summed E-state index contributed by atoms with van der Waals surface area (Å²) in [6.45, 7) is 2.54. The minimum Gasteiger partial charge on any atom is -0.353 e. The van der Waals surface area contributed by atoms with Gasteiger partial charge < -0.3 is 15.1 Å². The van der Waals surface area contributed by atoms with Crippen LogP contribution in [0.25, 0.3) is 10.8 Å². The van der Waals surface area contributed by atoms with Crippen molar-refractivity contribution in [3.8, 4) is 0 Å². The van der Waals surface area contributed by atoms with Gasteiger partial charge in [0.1, 0.15) is 12.1 Å². The van der Waals surface area contributed by atoms with Crippen molar-refractivity contribution in [2.24, 2.45) is 0 Å². The number of rotatable bonds is 5. The van der Waals surface area contributed by atoms with E-state index < -0.39 is 28.0 Å². The summed E-state index contributed by atoms with van der Waals surface area (Å²) in [6, 6.07) is 8.06. The molecule has 0 aliphatic carbocycles. The fraction of sp³-hybridized carbons (Fsp3) is 0.381. The van der Waals surface area contributed by atoms with E-state index in [9.17, 15) is 22.8 Å². The van der Waals surface area contributed by atoms with Crippen molar-refractivity contribution in [3.05, 3.63) is 41.4 Å². The van der Waals surface area contributed by atoms with Crippen LogP contribution in [0.1, 0.15) is 13.3 Å². The normalized spacial score (nSPS) is 20.5. The minimum absolute atomic E-state index is 0.0435. The molecule has 9 nitrogen and oxygen atoms in total. The summed E-state index contributed by atoms with van der Waals surface area (Å²) in [6.07, 6.45) is 0.249. The second kappa shape index (κ2) is 8.68. The number of carbonyl (C=O) groups is 3. The van der Waals surface area contributed by atoms with E-state index in [0.29, 0.717) is 23.5 Å². The Bertz CT molecular complexity index is 1200. The van der Waals surface area contributed by atoms with Gasteiger partial charge in [0.05, 0.1) is 11.4 Å². The largest absolute Gasteiger partial charge is 0.353 e. The zero-order valence-electron chi connectivity index (χ0n) is 17.4. The Kier molecular flexibility index (Phi) is 6.11. The van der Waals surface area contributed by atoms with Crippen LogP contribution in [-0.4, -0.2) is 74.2 Å². The number of carbonyl (C=O) groups excluding carboxylic acids is 3. The molecule has 2 aromatic rings. The predicted octanol–water partition coefficient (Wildman–Crippen LogP) is 0.719. The van der Waals surface area contributed by atoms with Crippen molar-refractivity contribution in [1.82, 2.24) is 19.8 Å². The first-order chi connectivity index (χ1) is 15.2. The van der Waals surface area contributed by atoms with Gasteiger partial charge in [-0.3, -0.25) is 14.4 Å². The second-order valence-electron chi connectivity index (χ2n) is 7.93. The zero-order chi connectivity index (χ0) is 23.0. The average molecular weight is 479 g/mol. The first kappa shape index (κ1) is 22.5. The molecule has 2 fully saturated rings. The lowest BCUT2D eigenvalue weighted by molar-refractivity contribution is -0.146. The summed E-state index contributed by atoms with van der Waals surface area (Å²) in [7, 11) is -3.95. The van der Waals surface area contributed by atoms with E-state index in [1.165, 1.54) is 21.9 Å². The SMILES string of the molecule is C[C@@H](C(=O)N1CCNC(=O)C1)N1CCC(NS(=O)(=O)c2ccc3cc(Cl)ccc3c2)C1=O. The van der Waals surface area contributed by atoms with Crippen molar-refractivity contribution in [3.63, 3.8) is 0 Å². The van der Waals surface area contributed by atoms with Crippen LogP contribution in [0.4, 0.5) is 0 Å². The number of likely N-dealkylation sites (tertiary alicyclic amines) is 1. The predicted molar refractivity (Wildman–Crippen MR) is 118 cm³/mol. The Morgan fingerprint density at radius 3 is 2.62 bits per heavy atom. The van der Waals surface area contributed by atoms with Crippen LogP contribution >= 0.6 is 11.6 Å². The Morgan fingerprint density at radius 1 is 1.16 bits per heavy atom. The number of hydrogen-bond acceptors (Lipinski definition) is 5. The van der Waals surface area contributed by atoms with Crippen LogP contribution in [0.5, 0.6) is 0 Å². The standard InChI is InChI=1S/C21H23ClN4O5S/c1-13(20(28)25-9-7-23-19(27)12-25)26-8-6-18(21(26)29)24-32(30,31)17-5-3-14-10-16(22)4-2-15(14)11-17/h2-5,10-11,13,18,24H,6-9,12H2,1H3,(H,23,27)/t13-,18?/m0/s1. The highest BCUT2D eigenvalue weighted by atomic mass is 35.5. The van der Waals surface area contributed by atoms with Crippen LogP contribution in [0, 0.1) is 0 Å². The summed E-state index contributed by atoms with van der Waals surface area (Å²) in [5, 5.41) is 4.72. The van der Waals surface area contributed by atoms with E-state index in [4.69, 9.17) is 11.6 Å². The fourth-order valence-corrected chi connectivity index (χ4v) is 5.48. The van der Waals surface area contributed by atoms with Gasteiger partial charge in [-0.1, -0.05) is 23.7 Å². The summed E-state index contributed by atoms with van der Waals surface area (Å²) in [5.74, 6) is -1.03. The highest BCUT2D eigenvalue weighted by molar-refractivity contribution is 7.89. The van der Waals surface area contributed by atoms with Crippen molar-refractivity contribution in [1.29, 1.82) is 0 Å². The average Bonchev–Trinajstić information content (AvgIpc) is 3.11. The Morgan fingerprint density at radius 2 is 1.88 bits per heavy atom. The molecule has 3 amide bonds. The van der Waals surface area contributed by atoms with E-state index in [2.05, 4.69) is 10.0 Å². The number of fused-ring (bicyclic) bond motifs is 1. The lowest BCUT2D eigenvalue weighted by Gasteiger charge is -2.32. The summed E-state index contributed by atoms with van der Waals surface area (Å²) < 4.78 is 28.3. The smallest absolute Gasteiger partial charge is 0.245 e. The number of nitrogens with zero attached hydrogens (tertiary/aromatic N) is 2. The van der Waals surface area contributed by atoms with Crippen LogP contribution in [0.3, 0.4) is 0 Å². The molecular weight excluding hydrogens is 456 g/mol. The molecule has 0 saturated carbocycles. The minimum atomic E-state index is -3.95. The lowest BCUT2D eigenvalue weighted by Crippen LogP contribution is -2.56. The maximum atomic E-state index is 12.9. The van der Waals surface area contributed by atoms with Gasteiger partial charge in [0, 0.05) is 24.7 Å². The number of benzene rings is 2. The molecule has 4 rings (SSSR count). The molecule has 170 valence electrons. The Hall–Kier alpha value is -2.69. The third-order valence-corrected chi connectivity index (χ3v) is 7.50. The number of amides is 3. The van der Waals surface area contributed by atoms with Crippen molar-refractivity contribution < 1.29 is 22.8 Å². The van der Waals surface area contributed by atoms with Gasteiger partial charge >= 0.3 is 0 Å². The monoisotopic (exact) mass is 478 g/mol. The molecular formula is C21H23ClN4O5S. The number of hydrogen-bond donors (Lipinski definition) is 2. The Balaban J connectivity index is 1.46. The highest BCUT2D eigenvalue weighted by Gasteiger charge is 2.40. The molecule has 11 heteroatoms. The van der Waals surface area contributed by atoms with Crippen LogP contribution < -0.4 is 10.0 Å². The van der Waals surface area contributed by atoms with Gasteiger partial charge in [0.25, 0.3) is 0 Å². The van der Waals surface area contributed by atoms with E-state index in [0.717, 1.165) is 5.39 Å². The van der Waals surface area contributed by atoms with Crippen molar-refractivity contribution in [2.45, 2.75) is 30.3 Å². The molecule has 1 unspecified atom stereocenters. The molecule has 2 N–H and O–H groups in total.